The minimum Gasteiger partial charge on any atom is -0.374 e. The highest BCUT2D eigenvalue weighted by atomic mass is 19.4. The van der Waals surface area contributed by atoms with E-state index in [1.165, 1.54) is 18.1 Å². The number of aryl methyl sites for hydroxylation is 1. The second kappa shape index (κ2) is 7.13. The third-order valence-corrected chi connectivity index (χ3v) is 3.41. The van der Waals surface area contributed by atoms with Crippen LogP contribution in [0.5, 0.6) is 0 Å². The first-order valence-corrected chi connectivity index (χ1v) is 7.22. The van der Waals surface area contributed by atoms with Gasteiger partial charge in [-0.2, -0.15) is 13.2 Å². The van der Waals surface area contributed by atoms with E-state index in [0.29, 0.717) is 25.9 Å². The largest absolute Gasteiger partial charge is 0.425 e. The van der Waals surface area contributed by atoms with Crippen molar-refractivity contribution in [1.29, 1.82) is 0 Å². The molecule has 0 saturated heterocycles. The summed E-state index contributed by atoms with van der Waals surface area (Å²) in [7, 11) is 1.35. The summed E-state index contributed by atoms with van der Waals surface area (Å²) in [6.07, 6.45) is -2.33. The predicted octanol–water partition coefficient (Wildman–Crippen LogP) is 2.21. The van der Waals surface area contributed by atoms with E-state index in [0.717, 1.165) is 10.8 Å². The molecule has 1 heterocycles. The third-order valence-electron chi connectivity index (χ3n) is 3.41. The summed E-state index contributed by atoms with van der Waals surface area (Å²) < 4.78 is 41.2. The number of aromatic nitrogens is 2. The van der Waals surface area contributed by atoms with Crippen LogP contribution >= 0.6 is 0 Å². The van der Waals surface area contributed by atoms with Gasteiger partial charge in [0, 0.05) is 32.5 Å². The van der Waals surface area contributed by atoms with E-state index >= 15 is 0 Å². The molecule has 22 heavy (non-hydrogen) atoms. The Morgan fingerprint density at radius 2 is 1.86 bits per heavy atom. The number of nitrogens with zero attached hydrogens (tertiary/aromatic N) is 3. The molecule has 0 aliphatic heterocycles. The summed E-state index contributed by atoms with van der Waals surface area (Å²) in [5.74, 6) is -1.31. The van der Waals surface area contributed by atoms with Gasteiger partial charge in [0.05, 0.1) is 6.42 Å². The first-order chi connectivity index (χ1) is 10.2. The standard InChI is InChI=1S/C14H22F3N3O2/c1-4-7-20(8-5-2)11(21)10-13(22,14(15,16)17)12-18-6-9-19(12)3/h6,9,22H,4-5,7-8,10H2,1-3H3. The van der Waals surface area contributed by atoms with Crippen LogP contribution in [0.3, 0.4) is 0 Å². The van der Waals surface area contributed by atoms with Gasteiger partial charge in [-0.3, -0.25) is 4.79 Å². The summed E-state index contributed by atoms with van der Waals surface area (Å²) in [5, 5.41) is 10.2. The SMILES string of the molecule is CCCN(CCC)C(=O)CC(O)(c1nccn1C)C(F)(F)F. The molecular formula is C14H22F3N3O2. The molecule has 0 fully saturated rings. The fourth-order valence-electron chi connectivity index (χ4n) is 2.30. The molecule has 1 N–H and O–H groups in total. The number of halogens is 3. The van der Waals surface area contributed by atoms with Gasteiger partial charge in [-0.05, 0) is 12.8 Å². The van der Waals surface area contributed by atoms with Crippen molar-refractivity contribution in [3.8, 4) is 0 Å². The van der Waals surface area contributed by atoms with Crippen molar-refractivity contribution in [2.45, 2.75) is 44.9 Å². The summed E-state index contributed by atoms with van der Waals surface area (Å²) in [4.78, 5) is 17.1. The van der Waals surface area contributed by atoms with Crippen molar-refractivity contribution >= 4 is 5.91 Å². The van der Waals surface area contributed by atoms with Gasteiger partial charge in [0.25, 0.3) is 0 Å². The van der Waals surface area contributed by atoms with E-state index in [2.05, 4.69) is 4.98 Å². The van der Waals surface area contributed by atoms with Crippen LogP contribution in [-0.2, 0) is 17.4 Å². The molecule has 0 spiro atoms. The molecule has 0 aliphatic carbocycles. The molecule has 0 saturated carbocycles. The molecule has 0 radical (unpaired) electrons. The molecule has 5 nitrogen and oxygen atoms in total. The second-order valence-corrected chi connectivity index (χ2v) is 5.28. The van der Waals surface area contributed by atoms with Gasteiger partial charge in [-0.15, -0.1) is 0 Å². The van der Waals surface area contributed by atoms with Crippen LogP contribution in [0.15, 0.2) is 12.4 Å². The first kappa shape index (κ1) is 18.5. The summed E-state index contributed by atoms with van der Waals surface area (Å²) in [5.41, 5.74) is -3.29. The lowest BCUT2D eigenvalue weighted by Crippen LogP contribution is -2.48. The van der Waals surface area contributed by atoms with Crippen LogP contribution in [0.1, 0.15) is 38.9 Å². The fourth-order valence-corrected chi connectivity index (χ4v) is 2.30. The molecule has 1 unspecified atom stereocenters. The van der Waals surface area contributed by atoms with Crippen molar-refractivity contribution < 1.29 is 23.1 Å². The van der Waals surface area contributed by atoms with Gasteiger partial charge >= 0.3 is 6.18 Å². The van der Waals surface area contributed by atoms with Crippen molar-refractivity contribution in [3.05, 3.63) is 18.2 Å². The number of aliphatic hydroxyl groups is 1. The number of alkyl halides is 3. The number of rotatable bonds is 7. The van der Waals surface area contributed by atoms with Crippen molar-refractivity contribution in [1.82, 2.24) is 14.5 Å². The van der Waals surface area contributed by atoms with Crippen LogP contribution in [0.25, 0.3) is 0 Å². The quantitative estimate of drug-likeness (QED) is 0.838. The Morgan fingerprint density at radius 1 is 1.32 bits per heavy atom. The van der Waals surface area contributed by atoms with Crippen molar-refractivity contribution in [2.75, 3.05) is 13.1 Å². The zero-order valence-corrected chi connectivity index (χ0v) is 13.0. The van der Waals surface area contributed by atoms with E-state index < -0.39 is 29.9 Å². The van der Waals surface area contributed by atoms with Crippen LogP contribution in [0.2, 0.25) is 0 Å². The van der Waals surface area contributed by atoms with Crippen molar-refractivity contribution in [2.24, 2.45) is 7.05 Å². The fraction of sp³-hybridized carbons (Fsp3) is 0.714. The zero-order chi connectivity index (χ0) is 17.0. The Bertz CT molecular complexity index is 496. The molecule has 1 atom stereocenters. The predicted molar refractivity (Wildman–Crippen MR) is 74.9 cm³/mol. The van der Waals surface area contributed by atoms with E-state index in [1.807, 2.05) is 13.8 Å². The maximum Gasteiger partial charge on any atom is 0.425 e. The molecule has 1 aromatic heterocycles. The Morgan fingerprint density at radius 3 is 2.23 bits per heavy atom. The first-order valence-electron chi connectivity index (χ1n) is 7.22. The Hall–Kier alpha value is -1.57. The number of amides is 1. The van der Waals surface area contributed by atoms with E-state index in [9.17, 15) is 23.1 Å². The van der Waals surface area contributed by atoms with Crippen LogP contribution in [0, 0.1) is 0 Å². The molecule has 1 rings (SSSR count). The Labute approximate surface area is 127 Å². The highest BCUT2D eigenvalue weighted by Gasteiger charge is 2.58. The van der Waals surface area contributed by atoms with Crippen molar-refractivity contribution in [3.63, 3.8) is 0 Å². The lowest BCUT2D eigenvalue weighted by Gasteiger charge is -2.32. The summed E-state index contributed by atoms with van der Waals surface area (Å²) in [6, 6.07) is 0. The third kappa shape index (κ3) is 3.79. The number of carbonyl (C=O) groups excluding carboxylic acids is 1. The van der Waals surface area contributed by atoms with Crippen LogP contribution < -0.4 is 0 Å². The molecule has 0 aromatic carbocycles. The van der Waals surface area contributed by atoms with Crippen LogP contribution in [-0.4, -0.2) is 44.7 Å². The highest BCUT2D eigenvalue weighted by molar-refractivity contribution is 5.77. The summed E-state index contributed by atoms with van der Waals surface area (Å²) in [6.45, 7) is 4.40. The molecule has 0 bridgehead atoms. The lowest BCUT2D eigenvalue weighted by molar-refractivity contribution is -0.272. The molecule has 126 valence electrons. The van der Waals surface area contributed by atoms with E-state index in [-0.39, 0.29) is 0 Å². The smallest absolute Gasteiger partial charge is 0.374 e. The average Bonchev–Trinajstić information content (AvgIpc) is 2.83. The van der Waals surface area contributed by atoms with Gasteiger partial charge in [-0.1, -0.05) is 13.8 Å². The van der Waals surface area contributed by atoms with E-state index in [4.69, 9.17) is 0 Å². The molecule has 1 amide bonds. The zero-order valence-electron chi connectivity index (χ0n) is 13.0. The van der Waals surface area contributed by atoms with Gasteiger partial charge in [0.15, 0.2) is 5.82 Å². The molecule has 1 aromatic rings. The van der Waals surface area contributed by atoms with Gasteiger partial charge < -0.3 is 14.6 Å². The molecular weight excluding hydrogens is 299 g/mol. The van der Waals surface area contributed by atoms with E-state index in [1.54, 1.807) is 0 Å². The summed E-state index contributed by atoms with van der Waals surface area (Å²) >= 11 is 0. The Balaban J connectivity index is 3.10. The maximum absolute atomic E-state index is 13.4. The monoisotopic (exact) mass is 321 g/mol. The Kier molecular flexibility index (Phi) is 5.99. The minimum absolute atomic E-state index is 0.362. The average molecular weight is 321 g/mol. The lowest BCUT2D eigenvalue weighted by atomic mass is 9.96. The van der Waals surface area contributed by atoms with Gasteiger partial charge in [-0.25, -0.2) is 4.98 Å². The maximum atomic E-state index is 13.4. The highest BCUT2D eigenvalue weighted by Crippen LogP contribution is 2.41. The number of hydrogen-bond acceptors (Lipinski definition) is 3. The number of imidazole rings is 1. The molecule has 0 aliphatic rings. The topological polar surface area (TPSA) is 58.4 Å². The van der Waals surface area contributed by atoms with Crippen LogP contribution in [0.4, 0.5) is 13.2 Å². The number of hydrogen-bond donors (Lipinski definition) is 1. The van der Waals surface area contributed by atoms with Gasteiger partial charge in [0.1, 0.15) is 0 Å². The number of carbonyl (C=O) groups is 1. The second-order valence-electron chi connectivity index (χ2n) is 5.28. The minimum atomic E-state index is -4.99. The molecule has 8 heteroatoms. The normalized spacial score (nSPS) is 14.7. The van der Waals surface area contributed by atoms with Gasteiger partial charge in [0.2, 0.25) is 11.5 Å².